The quantitative estimate of drug-likeness (QED) is 0.0159. The van der Waals surface area contributed by atoms with E-state index in [4.69, 9.17) is 51.7 Å². The number of ketones is 5. The highest BCUT2D eigenvalue weighted by molar-refractivity contribution is 7.55. The van der Waals surface area contributed by atoms with E-state index in [0.29, 0.717) is 160 Å². The molecule has 0 radical (unpaired) electrons. The van der Waals surface area contributed by atoms with Crippen molar-refractivity contribution in [3.63, 3.8) is 0 Å². The molecule has 118 heavy (non-hydrogen) atoms. The van der Waals surface area contributed by atoms with E-state index in [9.17, 15) is 88.9 Å². The van der Waals surface area contributed by atoms with Crippen molar-refractivity contribution in [3.8, 4) is 0 Å². The predicted molar refractivity (Wildman–Crippen MR) is 438 cm³/mol. The number of hydrogen-bond acceptors (Lipinski definition) is 29. The van der Waals surface area contributed by atoms with Crippen LogP contribution in [0, 0.1) is 35.8 Å². The highest BCUT2D eigenvalue weighted by Crippen LogP contribution is 2.46. The van der Waals surface area contributed by atoms with E-state index in [0.717, 1.165) is 64.3 Å². The van der Waals surface area contributed by atoms with Crippen molar-refractivity contribution < 1.29 is 141 Å². The minimum absolute atomic E-state index is 0.0395. The Morgan fingerprint density at radius 3 is 1.13 bits per heavy atom. The van der Waals surface area contributed by atoms with Gasteiger partial charge in [-0.1, -0.05) is 92.9 Å². The summed E-state index contributed by atoms with van der Waals surface area (Å²) in [6, 6.07) is -0.0395. The number of carbonyl (C=O) groups is 8. The van der Waals surface area contributed by atoms with Gasteiger partial charge >= 0.3 is 0 Å². The van der Waals surface area contributed by atoms with Crippen molar-refractivity contribution in [1.82, 2.24) is 15.5 Å². The van der Waals surface area contributed by atoms with Gasteiger partial charge in [-0.15, -0.1) is 0 Å². The van der Waals surface area contributed by atoms with Gasteiger partial charge in [0.15, 0.2) is 26.5 Å². The molecule has 0 aliphatic carbocycles. The topological polar surface area (TPSA) is 465 Å². The monoisotopic (exact) mass is 1710 g/mol. The largest absolute Gasteiger partial charge is 0.394 e. The maximum Gasteiger partial charge on any atom is 0.222 e. The molecule has 18 atom stereocenters. The third kappa shape index (κ3) is 45.7. The molecular formula is C85H153N3O29P-. The lowest BCUT2D eigenvalue weighted by atomic mass is 9.92. The Morgan fingerprint density at radius 1 is 0.432 bits per heavy atom. The molecular weight excluding hydrogens is 1560 g/mol. The molecule has 0 spiro atoms. The van der Waals surface area contributed by atoms with Crippen molar-refractivity contribution in [2.24, 2.45) is 29.1 Å². The van der Waals surface area contributed by atoms with E-state index < -0.39 is 124 Å². The number of nitrogens with one attached hydrogen (secondary N) is 2. The lowest BCUT2D eigenvalue weighted by molar-refractivity contribution is -0.282. The zero-order chi connectivity index (χ0) is 87.3. The van der Waals surface area contributed by atoms with Crippen molar-refractivity contribution in [1.29, 1.82) is 0 Å². The lowest BCUT2D eigenvalue weighted by Gasteiger charge is -2.40. The number of hydrogen-bond donors (Lipinski definition) is 11. The highest BCUT2D eigenvalue weighted by atomic mass is 31.2. The molecule has 0 saturated carbocycles. The smallest absolute Gasteiger partial charge is 0.222 e. The van der Waals surface area contributed by atoms with Crippen molar-refractivity contribution in [2.75, 3.05) is 113 Å². The summed E-state index contributed by atoms with van der Waals surface area (Å²) in [6.07, 6.45) is 11.0. The van der Waals surface area contributed by atoms with Crippen molar-refractivity contribution in [2.45, 2.75) is 346 Å². The van der Waals surface area contributed by atoms with Crippen LogP contribution < -0.4 is 10.6 Å². The summed E-state index contributed by atoms with van der Waals surface area (Å²) in [4.78, 5) is 101. The normalized spacial score (nSPS) is 26.2. The number of ether oxygens (including phenoxy) is 9. The van der Waals surface area contributed by atoms with E-state index in [1.165, 1.54) is 26.4 Å². The van der Waals surface area contributed by atoms with Gasteiger partial charge in [-0.2, -0.15) is 0 Å². The molecule has 11 N–H and O–H groups in total. The number of unbranched alkanes of at least 4 members (excludes halogenated alkanes) is 14. The molecule has 33 heteroatoms. The van der Waals surface area contributed by atoms with E-state index >= 15 is 0 Å². The molecule has 4 fully saturated rings. The summed E-state index contributed by atoms with van der Waals surface area (Å²) in [7, 11) is -1.94. The number of nitrogens with zero attached hydrogens (tertiary/aromatic N) is 1. The van der Waals surface area contributed by atoms with Crippen LogP contribution in [0.25, 0.3) is 0 Å². The van der Waals surface area contributed by atoms with Crippen LogP contribution in [-0.2, 0) is 94.6 Å². The van der Waals surface area contributed by atoms with E-state index in [1.807, 2.05) is 18.7 Å². The summed E-state index contributed by atoms with van der Waals surface area (Å²) < 4.78 is 73.7. The Hall–Kier alpha value is -3.81. The Morgan fingerprint density at radius 2 is 0.754 bits per heavy atom. The van der Waals surface area contributed by atoms with Crippen LogP contribution in [0.1, 0.15) is 266 Å². The van der Waals surface area contributed by atoms with Gasteiger partial charge < -0.3 is 113 Å². The van der Waals surface area contributed by atoms with Crippen LogP contribution in [0.5, 0.6) is 0 Å². The van der Waals surface area contributed by atoms with Crippen LogP contribution >= 0.6 is 7.60 Å². The molecule has 0 aromatic heterocycles. The van der Waals surface area contributed by atoms with Gasteiger partial charge in [0.1, 0.15) is 65.5 Å². The Balaban J connectivity index is 0.00000104. The first-order valence-electron chi connectivity index (χ1n) is 43.9. The average Bonchev–Trinajstić information content (AvgIpc) is 1.08. The first-order chi connectivity index (χ1) is 56.4. The molecule has 17 unspecified atom stereocenters. The molecule has 4 rings (SSSR count). The molecule has 688 valence electrons. The fourth-order valence-corrected chi connectivity index (χ4v) is 14.9. The molecule has 32 nitrogen and oxygen atoms in total. The van der Waals surface area contributed by atoms with Crippen LogP contribution in [0.15, 0.2) is 0 Å². The SMILES string of the molecule is CC1C(OCCCCC(=O)CCCCCC(=O)CCOCC(C)(COCCC(=O)CCCCCC(=O)CCCCOC2OC(CO)C(O)C(O)C2C)COCCC(=O)NCCCNC(=O)CCCCOC2OC(CO)C(O)C(O)C2C)OC(CO)C(O)C1O.[CH2-]P(=O)(OC)OCC1C[C@@H](C)CN1C(=O)CCCCCCCCCCC(=O)CC. The molecule has 4 heterocycles. The second-order valence-corrected chi connectivity index (χ2v) is 34.9. The summed E-state index contributed by atoms with van der Waals surface area (Å²) in [5, 5.41) is 94.6. The van der Waals surface area contributed by atoms with Crippen LogP contribution in [0.3, 0.4) is 0 Å². The van der Waals surface area contributed by atoms with Gasteiger partial charge in [-0.3, -0.25) is 42.9 Å². The molecule has 0 aromatic rings. The first-order valence-corrected chi connectivity index (χ1v) is 45.7. The third-order valence-corrected chi connectivity index (χ3v) is 23.4. The number of carbonyl (C=O) groups excluding carboxylic acids is 8. The van der Waals surface area contributed by atoms with Gasteiger partial charge in [0.2, 0.25) is 17.7 Å². The number of amides is 3. The van der Waals surface area contributed by atoms with E-state index in [1.54, 1.807) is 20.8 Å². The zero-order valence-corrected chi connectivity index (χ0v) is 73.1. The van der Waals surface area contributed by atoms with Crippen LogP contribution in [0.2, 0.25) is 0 Å². The number of rotatable bonds is 68. The lowest BCUT2D eigenvalue weighted by Crippen LogP contribution is -2.55. The maximum absolute atomic E-state index is 12.8. The molecule has 4 aliphatic heterocycles. The highest BCUT2D eigenvalue weighted by Gasteiger charge is 2.45. The second kappa shape index (κ2) is 63.2. The fraction of sp³-hybridized carbons (Fsp3) is 0.894. The van der Waals surface area contributed by atoms with Gasteiger partial charge in [-0.25, -0.2) is 6.66 Å². The van der Waals surface area contributed by atoms with E-state index in [2.05, 4.69) is 24.2 Å². The van der Waals surface area contributed by atoms with Crippen molar-refractivity contribution in [3.05, 3.63) is 6.66 Å². The van der Waals surface area contributed by atoms with Gasteiger partial charge in [0.25, 0.3) is 0 Å². The minimum Gasteiger partial charge on any atom is -0.394 e. The fourth-order valence-electron chi connectivity index (χ4n) is 14.4. The Labute approximate surface area is 701 Å². The number of Topliss-reactive ketones (excluding diaryl/α,β-unsaturated/α-hetero) is 5. The first kappa shape index (κ1) is 108. The Bertz CT molecular complexity index is 2600. The number of likely N-dealkylation sites (tertiary alicyclic amines) is 1. The van der Waals surface area contributed by atoms with Crippen molar-refractivity contribution >= 4 is 54.2 Å². The summed E-state index contributed by atoms with van der Waals surface area (Å²) in [5.41, 5.74) is -0.686. The molecule has 4 aliphatic rings. The number of aliphatic hydroxyl groups is 9. The summed E-state index contributed by atoms with van der Waals surface area (Å²) in [6.45, 7) is 16.7. The zero-order valence-electron chi connectivity index (χ0n) is 72.2. The summed E-state index contributed by atoms with van der Waals surface area (Å²) >= 11 is 0. The summed E-state index contributed by atoms with van der Waals surface area (Å²) in [5.74, 6) is -0.530. The standard InChI is InChI=1S/C63H112N2O24.C22H41NO5P/c1-42-54(75)57(78)49(36-66)87-60(42)84-30-14-11-22-45(69)18-7-5-9-20-47(71)25-33-81-39-63(4,40-82-34-26-48(72)21-10-6-8-19-46(70)23-12-15-31-85-61-43(2)55(76)58(79)50(37-67)88-61)41-83-35-27-53(74)65-29-17-28-64-52(73)24-13-16-32-86-62-44(3)56(77)59(80)51(38-68)89-62;1-5-21(24)14-12-10-8-6-7-9-11-13-15-22(25)23-17-19(2)16-20(23)18-28-29(4,26)27-3/h42-44,49-51,54-62,66-68,75-80H,5-41H2,1-4H3,(H,64,73)(H,65,74);19-20H,4-18H2,1-3H3/q;-1/t;19-,20?,29?/m.1/s1. The van der Waals surface area contributed by atoms with Gasteiger partial charge in [-0.05, 0) is 95.8 Å². The van der Waals surface area contributed by atoms with Crippen LogP contribution in [-0.4, -0.2) is 290 Å². The third-order valence-electron chi connectivity index (χ3n) is 22.3. The molecule has 0 bridgehead atoms. The predicted octanol–water partition coefficient (Wildman–Crippen LogP) is 7.55. The van der Waals surface area contributed by atoms with Gasteiger partial charge in [0.05, 0.1) is 90.4 Å². The second-order valence-electron chi connectivity index (χ2n) is 33.1. The van der Waals surface area contributed by atoms with Gasteiger partial charge in [0, 0.05) is 153 Å². The Kier molecular flexibility index (Phi) is 58.0. The maximum atomic E-state index is 12.8. The average molecular weight is 1710 g/mol. The van der Waals surface area contributed by atoms with Crippen LogP contribution in [0.4, 0.5) is 0 Å². The molecule has 0 aromatic carbocycles. The van der Waals surface area contributed by atoms with E-state index in [-0.39, 0.29) is 125 Å². The molecule has 3 amide bonds. The minimum atomic E-state index is -3.26. The number of aliphatic hydroxyl groups excluding tert-OH is 9. The molecule has 4 saturated heterocycles.